The average Bonchev–Trinajstić information content (AvgIpc) is 2.92. The van der Waals surface area contributed by atoms with Crippen molar-refractivity contribution in [1.82, 2.24) is 0 Å². The zero-order valence-electron chi connectivity index (χ0n) is 18.3. The lowest BCUT2D eigenvalue weighted by molar-refractivity contribution is 0.111. The fourth-order valence-electron chi connectivity index (χ4n) is 4.33. The molecular formula is C30H22O4. The number of aldehydes is 4. The van der Waals surface area contributed by atoms with Crippen molar-refractivity contribution >= 4 is 25.1 Å². The Morgan fingerprint density at radius 1 is 0.382 bits per heavy atom. The molecule has 0 radical (unpaired) electrons. The summed E-state index contributed by atoms with van der Waals surface area (Å²) in [6.45, 7) is 0. The molecule has 0 saturated carbocycles. The van der Waals surface area contributed by atoms with E-state index in [0.717, 1.165) is 47.4 Å². The van der Waals surface area contributed by atoms with Crippen molar-refractivity contribution in [3.8, 4) is 0 Å². The molecule has 1 atom stereocenters. The predicted octanol–water partition coefficient (Wildman–Crippen LogP) is 5.90. The lowest BCUT2D eigenvalue weighted by Gasteiger charge is -2.30. The maximum Gasteiger partial charge on any atom is 0.150 e. The number of hydrogen-bond acceptors (Lipinski definition) is 4. The molecule has 4 rings (SSSR count). The minimum Gasteiger partial charge on any atom is -0.298 e. The van der Waals surface area contributed by atoms with Crippen molar-refractivity contribution < 1.29 is 19.2 Å². The van der Waals surface area contributed by atoms with Gasteiger partial charge in [0.25, 0.3) is 0 Å². The average molecular weight is 447 g/mol. The molecule has 0 amide bonds. The second-order valence-corrected chi connectivity index (χ2v) is 8.10. The van der Waals surface area contributed by atoms with E-state index in [4.69, 9.17) is 0 Å². The van der Waals surface area contributed by atoms with Crippen LogP contribution >= 0.6 is 0 Å². The molecule has 0 saturated heterocycles. The monoisotopic (exact) mass is 446 g/mol. The maximum atomic E-state index is 11.5. The zero-order chi connectivity index (χ0) is 23.9. The van der Waals surface area contributed by atoms with Crippen LogP contribution in [0.15, 0.2) is 97.1 Å². The van der Waals surface area contributed by atoms with Gasteiger partial charge in [0.05, 0.1) is 0 Å². The summed E-state index contributed by atoms with van der Waals surface area (Å²) in [6, 6.07) is 29.7. The van der Waals surface area contributed by atoms with Crippen molar-refractivity contribution in [2.45, 2.75) is 11.8 Å². The number of rotatable bonds is 9. The summed E-state index contributed by atoms with van der Waals surface area (Å²) in [7, 11) is 0. The van der Waals surface area contributed by atoms with E-state index in [2.05, 4.69) is 0 Å². The summed E-state index contributed by atoms with van der Waals surface area (Å²) < 4.78 is 0. The minimum atomic E-state index is -0.204. The van der Waals surface area contributed by atoms with Gasteiger partial charge in [-0.25, -0.2) is 0 Å². The molecule has 0 bridgehead atoms. The van der Waals surface area contributed by atoms with Gasteiger partial charge in [0, 0.05) is 34.1 Å². The molecule has 4 nitrogen and oxygen atoms in total. The zero-order valence-corrected chi connectivity index (χ0v) is 18.3. The Hall–Kier alpha value is -4.44. The molecule has 0 aliphatic heterocycles. The van der Waals surface area contributed by atoms with Gasteiger partial charge < -0.3 is 0 Å². The first-order valence-corrected chi connectivity index (χ1v) is 10.9. The van der Waals surface area contributed by atoms with Gasteiger partial charge in [0.2, 0.25) is 0 Å². The first kappa shape index (κ1) is 22.7. The molecule has 0 aromatic heterocycles. The first-order valence-electron chi connectivity index (χ1n) is 10.9. The summed E-state index contributed by atoms with van der Waals surface area (Å²) >= 11 is 0. The minimum absolute atomic E-state index is 0.189. The largest absolute Gasteiger partial charge is 0.298 e. The quantitative estimate of drug-likeness (QED) is 0.300. The third-order valence-corrected chi connectivity index (χ3v) is 6.03. The molecule has 1 unspecified atom stereocenters. The van der Waals surface area contributed by atoms with Crippen LogP contribution < -0.4 is 0 Å². The Kier molecular flexibility index (Phi) is 6.99. The summed E-state index contributed by atoms with van der Waals surface area (Å²) in [6.07, 6.45) is 3.24. The van der Waals surface area contributed by atoms with Crippen LogP contribution in [0.3, 0.4) is 0 Å². The molecule has 34 heavy (non-hydrogen) atoms. The van der Waals surface area contributed by atoms with Crippen molar-refractivity contribution in [3.05, 3.63) is 142 Å². The SMILES string of the molecule is O=Cc1ccc(C(c2ccc(C=O)cc2)C(c2ccc(C=O)cc2)c2cccc(C=O)c2)cc1. The van der Waals surface area contributed by atoms with Gasteiger partial charge in [-0.15, -0.1) is 0 Å². The van der Waals surface area contributed by atoms with Crippen molar-refractivity contribution in [1.29, 1.82) is 0 Å². The van der Waals surface area contributed by atoms with Crippen LogP contribution in [0.2, 0.25) is 0 Å². The van der Waals surface area contributed by atoms with Gasteiger partial charge in [-0.2, -0.15) is 0 Å². The third-order valence-electron chi connectivity index (χ3n) is 6.03. The lowest BCUT2D eigenvalue weighted by Crippen LogP contribution is -2.15. The van der Waals surface area contributed by atoms with E-state index < -0.39 is 0 Å². The van der Waals surface area contributed by atoms with Crippen LogP contribution in [0, 0.1) is 0 Å². The van der Waals surface area contributed by atoms with Crippen LogP contribution in [0.1, 0.15) is 75.5 Å². The van der Waals surface area contributed by atoms with Crippen LogP contribution in [0.25, 0.3) is 0 Å². The van der Waals surface area contributed by atoms with E-state index in [1.165, 1.54) is 0 Å². The Labute approximate surface area is 197 Å². The lowest BCUT2D eigenvalue weighted by atomic mass is 9.73. The van der Waals surface area contributed by atoms with Crippen LogP contribution in [0.5, 0.6) is 0 Å². The van der Waals surface area contributed by atoms with Crippen molar-refractivity contribution in [3.63, 3.8) is 0 Å². The van der Waals surface area contributed by atoms with Gasteiger partial charge in [-0.05, 0) is 28.3 Å². The molecule has 4 aromatic rings. The highest BCUT2D eigenvalue weighted by Gasteiger charge is 2.28. The Balaban J connectivity index is 1.96. The van der Waals surface area contributed by atoms with E-state index >= 15 is 0 Å². The van der Waals surface area contributed by atoms with E-state index in [1.54, 1.807) is 42.5 Å². The molecular weight excluding hydrogens is 424 g/mol. The van der Waals surface area contributed by atoms with Gasteiger partial charge in [0.1, 0.15) is 25.1 Å². The van der Waals surface area contributed by atoms with E-state index in [1.807, 2.05) is 54.6 Å². The number of carbonyl (C=O) groups is 4. The molecule has 4 heteroatoms. The van der Waals surface area contributed by atoms with Crippen LogP contribution in [0.4, 0.5) is 0 Å². The standard InChI is InChI=1S/C30H22O4/c31-17-21-4-10-25(11-5-21)29(26-12-6-22(18-32)7-13-26)30(27-14-8-23(19-33)9-15-27)28-3-1-2-24(16-28)20-34/h1-20,29-30H. The van der Waals surface area contributed by atoms with E-state index in [-0.39, 0.29) is 11.8 Å². The fraction of sp³-hybridized carbons (Fsp3) is 0.0667. The van der Waals surface area contributed by atoms with Crippen molar-refractivity contribution in [2.75, 3.05) is 0 Å². The van der Waals surface area contributed by atoms with E-state index in [9.17, 15) is 19.2 Å². The Morgan fingerprint density at radius 2 is 0.735 bits per heavy atom. The molecule has 0 N–H and O–H groups in total. The highest BCUT2D eigenvalue weighted by atomic mass is 16.1. The normalized spacial score (nSPS) is 11.6. The van der Waals surface area contributed by atoms with Gasteiger partial charge in [-0.3, -0.25) is 19.2 Å². The second kappa shape index (κ2) is 10.5. The molecule has 0 spiro atoms. The smallest absolute Gasteiger partial charge is 0.150 e. The topological polar surface area (TPSA) is 68.3 Å². The molecule has 166 valence electrons. The third kappa shape index (κ3) is 4.81. The molecule has 0 fully saturated rings. The van der Waals surface area contributed by atoms with Crippen LogP contribution in [-0.4, -0.2) is 25.1 Å². The highest BCUT2D eigenvalue weighted by molar-refractivity contribution is 5.77. The molecule has 0 heterocycles. The number of benzene rings is 4. The molecule has 0 aliphatic carbocycles. The Morgan fingerprint density at radius 3 is 1.09 bits per heavy atom. The predicted molar refractivity (Wildman–Crippen MR) is 131 cm³/mol. The van der Waals surface area contributed by atoms with E-state index in [0.29, 0.717) is 22.3 Å². The Bertz CT molecular complexity index is 1250. The van der Waals surface area contributed by atoms with Gasteiger partial charge in [0.15, 0.2) is 0 Å². The van der Waals surface area contributed by atoms with Gasteiger partial charge >= 0.3 is 0 Å². The first-order chi connectivity index (χ1) is 16.7. The van der Waals surface area contributed by atoms with Crippen LogP contribution in [-0.2, 0) is 0 Å². The fourth-order valence-corrected chi connectivity index (χ4v) is 4.33. The second-order valence-electron chi connectivity index (χ2n) is 8.10. The number of carbonyl (C=O) groups excluding carboxylic acids is 4. The van der Waals surface area contributed by atoms with Crippen molar-refractivity contribution in [2.24, 2.45) is 0 Å². The summed E-state index contributed by atoms with van der Waals surface area (Å²) in [5, 5.41) is 0. The summed E-state index contributed by atoms with van der Waals surface area (Å²) in [5.41, 5.74) is 6.16. The maximum absolute atomic E-state index is 11.5. The number of hydrogen-bond donors (Lipinski definition) is 0. The summed E-state index contributed by atoms with van der Waals surface area (Å²) in [5.74, 6) is -0.393. The molecule has 4 aromatic carbocycles. The molecule has 0 aliphatic rings. The highest BCUT2D eigenvalue weighted by Crippen LogP contribution is 2.43. The summed E-state index contributed by atoms with van der Waals surface area (Å²) in [4.78, 5) is 45.3. The van der Waals surface area contributed by atoms with Gasteiger partial charge in [-0.1, -0.05) is 91.0 Å².